The van der Waals surface area contributed by atoms with E-state index in [4.69, 9.17) is 0 Å². The lowest BCUT2D eigenvalue weighted by atomic mass is 10.1. The van der Waals surface area contributed by atoms with Gasteiger partial charge in [0.05, 0.1) is 18.5 Å². The maximum absolute atomic E-state index is 12.4. The quantitative estimate of drug-likeness (QED) is 0.574. The van der Waals surface area contributed by atoms with Gasteiger partial charge in [0, 0.05) is 12.1 Å². The molecule has 0 aromatic heterocycles. The molecular formula is C25H28N2O3S. The Labute approximate surface area is 184 Å². The summed E-state index contributed by atoms with van der Waals surface area (Å²) in [7, 11) is -3.46. The average molecular weight is 437 g/mol. The largest absolute Gasteiger partial charge is 0.352 e. The molecule has 6 heteroatoms. The summed E-state index contributed by atoms with van der Waals surface area (Å²) < 4.78 is 26.2. The smallest absolute Gasteiger partial charge is 0.251 e. The molecule has 162 valence electrons. The van der Waals surface area contributed by atoms with Crippen molar-refractivity contribution in [1.29, 1.82) is 0 Å². The fraction of sp³-hybridized carbons (Fsp3) is 0.240. The van der Waals surface area contributed by atoms with Gasteiger partial charge in [-0.25, -0.2) is 8.42 Å². The predicted octanol–water partition coefficient (Wildman–Crippen LogP) is 4.24. The fourth-order valence-electron chi connectivity index (χ4n) is 3.28. The van der Waals surface area contributed by atoms with Crippen LogP contribution in [0.5, 0.6) is 0 Å². The van der Waals surface area contributed by atoms with E-state index >= 15 is 0 Å². The zero-order chi connectivity index (χ0) is 22.4. The van der Waals surface area contributed by atoms with Crippen molar-refractivity contribution in [2.45, 2.75) is 26.8 Å². The summed E-state index contributed by atoms with van der Waals surface area (Å²) in [6.45, 7) is 4.72. The first-order valence-electron chi connectivity index (χ1n) is 10.2. The van der Waals surface area contributed by atoms with Crippen LogP contribution >= 0.6 is 0 Å². The van der Waals surface area contributed by atoms with E-state index in [2.05, 4.69) is 5.32 Å². The van der Waals surface area contributed by atoms with Crippen LogP contribution in [-0.4, -0.2) is 27.1 Å². The first kappa shape index (κ1) is 22.6. The fourth-order valence-corrected chi connectivity index (χ4v) is 4.16. The highest BCUT2D eigenvalue weighted by molar-refractivity contribution is 7.92. The summed E-state index contributed by atoms with van der Waals surface area (Å²) in [6.07, 6.45) is 1.97. The van der Waals surface area contributed by atoms with Crippen LogP contribution < -0.4 is 9.62 Å². The number of sulfonamides is 1. The first-order valence-corrected chi connectivity index (χ1v) is 12.0. The Bertz CT molecular complexity index is 1140. The molecule has 0 spiro atoms. The van der Waals surface area contributed by atoms with Gasteiger partial charge in [0.25, 0.3) is 5.91 Å². The number of amides is 1. The minimum Gasteiger partial charge on any atom is -0.352 e. The zero-order valence-corrected chi connectivity index (χ0v) is 18.9. The van der Waals surface area contributed by atoms with Crippen LogP contribution in [0.25, 0.3) is 0 Å². The van der Waals surface area contributed by atoms with Crippen LogP contribution in [0.2, 0.25) is 0 Å². The van der Waals surface area contributed by atoms with Gasteiger partial charge in [-0.1, -0.05) is 48.5 Å². The summed E-state index contributed by atoms with van der Waals surface area (Å²) >= 11 is 0. The van der Waals surface area contributed by atoms with Gasteiger partial charge in [0.15, 0.2) is 0 Å². The predicted molar refractivity (Wildman–Crippen MR) is 126 cm³/mol. The molecule has 0 radical (unpaired) electrons. The van der Waals surface area contributed by atoms with Gasteiger partial charge in [-0.05, 0) is 66.8 Å². The maximum Gasteiger partial charge on any atom is 0.251 e. The number of carbonyl (C=O) groups is 1. The van der Waals surface area contributed by atoms with Crippen molar-refractivity contribution in [3.8, 4) is 0 Å². The zero-order valence-electron chi connectivity index (χ0n) is 18.1. The Kier molecular flexibility index (Phi) is 7.13. The van der Waals surface area contributed by atoms with Gasteiger partial charge in [-0.2, -0.15) is 0 Å². The topological polar surface area (TPSA) is 66.5 Å². The Morgan fingerprint density at radius 1 is 0.871 bits per heavy atom. The van der Waals surface area contributed by atoms with Crippen molar-refractivity contribution < 1.29 is 13.2 Å². The van der Waals surface area contributed by atoms with Gasteiger partial charge >= 0.3 is 0 Å². The van der Waals surface area contributed by atoms with Crippen molar-refractivity contribution in [2.75, 3.05) is 17.1 Å². The van der Waals surface area contributed by atoms with Gasteiger partial charge in [0.2, 0.25) is 10.0 Å². The highest BCUT2D eigenvalue weighted by Crippen LogP contribution is 2.23. The maximum atomic E-state index is 12.4. The third-order valence-corrected chi connectivity index (χ3v) is 6.40. The van der Waals surface area contributed by atoms with Crippen molar-refractivity contribution in [3.63, 3.8) is 0 Å². The molecular weight excluding hydrogens is 408 g/mol. The Hall–Kier alpha value is -3.12. The number of nitrogens with zero attached hydrogens (tertiary/aromatic N) is 1. The van der Waals surface area contributed by atoms with Crippen molar-refractivity contribution in [3.05, 3.63) is 101 Å². The first-order chi connectivity index (χ1) is 14.7. The molecule has 5 nitrogen and oxygen atoms in total. The van der Waals surface area contributed by atoms with Crippen molar-refractivity contribution in [2.24, 2.45) is 0 Å². The van der Waals surface area contributed by atoms with Gasteiger partial charge < -0.3 is 5.32 Å². The SMILES string of the molecule is Cc1ccc(N(Cc2ccc(C(=O)NCCc3ccccc3)cc2)S(C)(=O)=O)cc1C. The molecule has 0 unspecified atom stereocenters. The van der Waals surface area contributed by atoms with E-state index in [1.54, 1.807) is 24.3 Å². The van der Waals surface area contributed by atoms with Gasteiger partial charge in [0.1, 0.15) is 0 Å². The minimum atomic E-state index is -3.46. The van der Waals surface area contributed by atoms with Crippen molar-refractivity contribution in [1.82, 2.24) is 5.32 Å². The third-order valence-electron chi connectivity index (χ3n) is 5.26. The number of hydrogen-bond acceptors (Lipinski definition) is 3. The molecule has 0 heterocycles. The average Bonchev–Trinajstić information content (AvgIpc) is 2.74. The molecule has 0 aliphatic carbocycles. The Morgan fingerprint density at radius 3 is 2.16 bits per heavy atom. The molecule has 1 N–H and O–H groups in total. The van der Waals surface area contributed by atoms with Gasteiger partial charge in [-0.15, -0.1) is 0 Å². The second-order valence-electron chi connectivity index (χ2n) is 7.73. The number of carbonyl (C=O) groups excluding carboxylic acids is 1. The summed E-state index contributed by atoms with van der Waals surface area (Å²) in [5.41, 5.74) is 5.31. The molecule has 0 aliphatic heterocycles. The summed E-state index contributed by atoms with van der Waals surface area (Å²) in [6, 6.07) is 22.7. The van der Waals surface area contributed by atoms with Crippen LogP contribution in [-0.2, 0) is 23.0 Å². The second-order valence-corrected chi connectivity index (χ2v) is 9.63. The molecule has 31 heavy (non-hydrogen) atoms. The molecule has 0 saturated carbocycles. The number of benzene rings is 3. The van der Waals surface area contributed by atoms with Gasteiger partial charge in [-0.3, -0.25) is 9.10 Å². The highest BCUT2D eigenvalue weighted by atomic mass is 32.2. The number of rotatable bonds is 8. The molecule has 0 atom stereocenters. The summed E-state index contributed by atoms with van der Waals surface area (Å²) in [5.74, 6) is -0.142. The Morgan fingerprint density at radius 2 is 1.55 bits per heavy atom. The van der Waals surface area contributed by atoms with Crippen LogP contribution in [0.4, 0.5) is 5.69 Å². The van der Waals surface area contributed by atoms with E-state index in [1.165, 1.54) is 16.1 Å². The number of anilines is 1. The van der Waals surface area contributed by atoms with E-state index in [0.717, 1.165) is 23.1 Å². The molecule has 0 bridgehead atoms. The summed E-state index contributed by atoms with van der Waals surface area (Å²) in [4.78, 5) is 12.4. The molecule has 1 amide bonds. The van der Waals surface area contributed by atoms with E-state index in [1.807, 2.05) is 62.4 Å². The molecule has 0 saturated heterocycles. The van der Waals surface area contributed by atoms with Crippen LogP contribution in [0.1, 0.15) is 32.6 Å². The molecule has 3 aromatic rings. The molecule has 3 rings (SSSR count). The second kappa shape index (κ2) is 9.79. The number of nitrogens with one attached hydrogen (secondary N) is 1. The standard InChI is InChI=1S/C25H28N2O3S/c1-19-9-14-24(17-20(19)2)27(31(3,29)30)18-22-10-12-23(13-11-22)25(28)26-16-15-21-7-5-4-6-8-21/h4-14,17H,15-16,18H2,1-3H3,(H,26,28). The van der Waals surface area contributed by atoms with Crippen LogP contribution in [0, 0.1) is 13.8 Å². The summed E-state index contributed by atoms with van der Waals surface area (Å²) in [5, 5.41) is 2.92. The van der Waals surface area contributed by atoms with Crippen LogP contribution in [0.15, 0.2) is 72.8 Å². The van der Waals surface area contributed by atoms with Crippen LogP contribution in [0.3, 0.4) is 0 Å². The van der Waals surface area contributed by atoms with Crippen molar-refractivity contribution >= 4 is 21.6 Å². The van der Waals surface area contributed by atoms with E-state index in [-0.39, 0.29) is 12.5 Å². The lowest BCUT2D eigenvalue weighted by Crippen LogP contribution is -2.29. The minimum absolute atomic E-state index is 0.142. The number of hydrogen-bond donors (Lipinski definition) is 1. The monoisotopic (exact) mass is 436 g/mol. The lowest BCUT2D eigenvalue weighted by molar-refractivity contribution is 0.0954. The molecule has 0 fully saturated rings. The molecule has 3 aromatic carbocycles. The lowest BCUT2D eigenvalue weighted by Gasteiger charge is -2.23. The highest BCUT2D eigenvalue weighted by Gasteiger charge is 2.18. The van der Waals surface area contributed by atoms with E-state index in [9.17, 15) is 13.2 Å². The third kappa shape index (κ3) is 6.18. The Balaban J connectivity index is 1.66. The van der Waals surface area contributed by atoms with E-state index in [0.29, 0.717) is 17.8 Å². The molecule has 0 aliphatic rings. The van der Waals surface area contributed by atoms with E-state index < -0.39 is 10.0 Å². The normalized spacial score (nSPS) is 11.2. The number of aryl methyl sites for hydroxylation is 2.